The van der Waals surface area contributed by atoms with Crippen LogP contribution in [0, 0.1) is 0 Å². The molecular formula is C14H14ClNO3S. The summed E-state index contributed by atoms with van der Waals surface area (Å²) >= 11 is 5.94. The average Bonchev–Trinajstić information content (AvgIpc) is 2.47. The van der Waals surface area contributed by atoms with Gasteiger partial charge in [0.2, 0.25) is 0 Å². The molecule has 0 fully saturated rings. The summed E-state index contributed by atoms with van der Waals surface area (Å²) in [7, 11) is -2.19. The van der Waals surface area contributed by atoms with Gasteiger partial charge in [-0.3, -0.25) is 4.31 Å². The number of hydrogen-bond acceptors (Lipinski definition) is 3. The highest BCUT2D eigenvalue weighted by Gasteiger charge is 2.21. The van der Waals surface area contributed by atoms with Crippen LogP contribution in [-0.4, -0.2) is 20.6 Å². The molecule has 2 aromatic carbocycles. The van der Waals surface area contributed by atoms with Crippen molar-refractivity contribution in [3.05, 3.63) is 59.1 Å². The van der Waals surface area contributed by atoms with Crippen molar-refractivity contribution >= 4 is 27.3 Å². The van der Waals surface area contributed by atoms with Crippen molar-refractivity contribution in [3.8, 4) is 0 Å². The number of halogens is 1. The lowest BCUT2D eigenvalue weighted by Crippen LogP contribution is -2.26. The molecule has 2 rings (SSSR count). The van der Waals surface area contributed by atoms with Gasteiger partial charge in [0, 0.05) is 12.1 Å². The van der Waals surface area contributed by atoms with Crippen LogP contribution in [0.4, 0.5) is 5.69 Å². The molecule has 0 aliphatic heterocycles. The van der Waals surface area contributed by atoms with Crippen molar-refractivity contribution in [1.82, 2.24) is 0 Å². The molecule has 2 aromatic rings. The van der Waals surface area contributed by atoms with Crippen molar-refractivity contribution in [2.45, 2.75) is 11.5 Å². The van der Waals surface area contributed by atoms with Gasteiger partial charge in [-0.1, -0.05) is 35.9 Å². The van der Waals surface area contributed by atoms with Gasteiger partial charge in [0.25, 0.3) is 10.0 Å². The maximum absolute atomic E-state index is 12.5. The lowest BCUT2D eigenvalue weighted by molar-refractivity contribution is 0.282. The van der Waals surface area contributed by atoms with E-state index in [0.29, 0.717) is 11.3 Å². The number of rotatable bonds is 4. The molecule has 0 aliphatic rings. The van der Waals surface area contributed by atoms with Crippen LogP contribution in [0.15, 0.2) is 53.4 Å². The minimum Gasteiger partial charge on any atom is -0.392 e. The summed E-state index contributed by atoms with van der Waals surface area (Å²) in [6.45, 7) is -0.228. The van der Waals surface area contributed by atoms with Crippen molar-refractivity contribution in [1.29, 1.82) is 0 Å². The third kappa shape index (κ3) is 2.80. The summed E-state index contributed by atoms with van der Waals surface area (Å²) < 4.78 is 26.2. The lowest BCUT2D eigenvalue weighted by atomic mass is 10.2. The van der Waals surface area contributed by atoms with E-state index in [9.17, 15) is 8.42 Å². The van der Waals surface area contributed by atoms with Gasteiger partial charge in [-0.2, -0.15) is 0 Å². The molecule has 1 N–H and O–H groups in total. The monoisotopic (exact) mass is 311 g/mol. The van der Waals surface area contributed by atoms with Gasteiger partial charge in [-0.05, 0) is 29.8 Å². The highest BCUT2D eigenvalue weighted by atomic mass is 35.5. The Morgan fingerprint density at radius 1 is 1.15 bits per heavy atom. The SMILES string of the molecule is CN(c1ccccc1)S(=O)(=O)c1ccc(CO)c(Cl)c1. The second-order valence-electron chi connectivity index (χ2n) is 4.22. The molecule has 0 saturated carbocycles. The summed E-state index contributed by atoms with van der Waals surface area (Å²) in [4.78, 5) is 0.0889. The van der Waals surface area contributed by atoms with Gasteiger partial charge >= 0.3 is 0 Å². The topological polar surface area (TPSA) is 57.6 Å². The van der Waals surface area contributed by atoms with Crippen LogP contribution in [0.1, 0.15) is 5.56 Å². The zero-order valence-electron chi connectivity index (χ0n) is 10.8. The Hall–Kier alpha value is -1.56. The number of nitrogens with zero attached hydrogens (tertiary/aromatic N) is 1. The fourth-order valence-electron chi connectivity index (χ4n) is 1.75. The zero-order chi connectivity index (χ0) is 14.8. The maximum atomic E-state index is 12.5. The van der Waals surface area contributed by atoms with Gasteiger partial charge in [-0.25, -0.2) is 8.42 Å². The number of para-hydroxylation sites is 1. The molecule has 0 unspecified atom stereocenters. The molecule has 0 radical (unpaired) electrons. The van der Waals surface area contributed by atoms with Gasteiger partial charge in [0.1, 0.15) is 0 Å². The van der Waals surface area contributed by atoms with Crippen LogP contribution < -0.4 is 4.31 Å². The average molecular weight is 312 g/mol. The Morgan fingerprint density at radius 2 is 1.80 bits per heavy atom. The molecule has 0 aromatic heterocycles. The quantitative estimate of drug-likeness (QED) is 0.944. The number of benzene rings is 2. The third-order valence-electron chi connectivity index (χ3n) is 2.97. The summed E-state index contributed by atoms with van der Waals surface area (Å²) in [6.07, 6.45) is 0. The van der Waals surface area contributed by atoms with Crippen molar-refractivity contribution in [2.24, 2.45) is 0 Å². The second-order valence-corrected chi connectivity index (χ2v) is 6.60. The van der Waals surface area contributed by atoms with Gasteiger partial charge in [0.05, 0.1) is 17.2 Å². The predicted molar refractivity (Wildman–Crippen MR) is 79.4 cm³/mol. The first-order chi connectivity index (χ1) is 9.46. The molecule has 0 atom stereocenters. The maximum Gasteiger partial charge on any atom is 0.264 e. The largest absolute Gasteiger partial charge is 0.392 e. The first kappa shape index (κ1) is 14.8. The van der Waals surface area contributed by atoms with E-state index in [0.717, 1.165) is 0 Å². The lowest BCUT2D eigenvalue weighted by Gasteiger charge is -2.19. The van der Waals surface area contributed by atoms with Crippen LogP contribution in [0.2, 0.25) is 5.02 Å². The highest BCUT2D eigenvalue weighted by molar-refractivity contribution is 7.92. The van der Waals surface area contributed by atoms with Crippen LogP contribution in [0.25, 0.3) is 0 Å². The summed E-state index contributed by atoms with van der Waals surface area (Å²) in [6, 6.07) is 13.1. The number of aliphatic hydroxyl groups excluding tert-OH is 1. The first-order valence-corrected chi connectivity index (χ1v) is 7.72. The predicted octanol–water partition coefficient (Wildman–Crippen LogP) is 2.66. The van der Waals surface area contributed by atoms with E-state index < -0.39 is 10.0 Å². The van der Waals surface area contributed by atoms with E-state index in [2.05, 4.69) is 0 Å². The Bertz CT molecular complexity index is 702. The second kappa shape index (κ2) is 5.83. The summed E-state index contributed by atoms with van der Waals surface area (Å²) in [5.41, 5.74) is 1.06. The van der Waals surface area contributed by atoms with Gasteiger partial charge in [0.15, 0.2) is 0 Å². The Morgan fingerprint density at radius 3 is 2.35 bits per heavy atom. The van der Waals surface area contributed by atoms with Crippen LogP contribution in [-0.2, 0) is 16.6 Å². The molecule has 6 heteroatoms. The van der Waals surface area contributed by atoms with Gasteiger partial charge < -0.3 is 5.11 Å². The standard InChI is InChI=1S/C14H14ClNO3S/c1-16(12-5-3-2-4-6-12)20(18,19)13-8-7-11(10-17)14(15)9-13/h2-9,17H,10H2,1H3. The number of sulfonamides is 1. The minimum atomic E-state index is -3.67. The van der Waals surface area contributed by atoms with Crippen LogP contribution in [0.5, 0.6) is 0 Å². The minimum absolute atomic E-state index is 0.0889. The van der Waals surface area contributed by atoms with Crippen molar-refractivity contribution in [2.75, 3.05) is 11.4 Å². The van der Waals surface area contributed by atoms with E-state index in [4.69, 9.17) is 16.7 Å². The fourth-order valence-corrected chi connectivity index (χ4v) is 3.28. The third-order valence-corrected chi connectivity index (χ3v) is 5.11. The van der Waals surface area contributed by atoms with Crippen LogP contribution >= 0.6 is 11.6 Å². The summed E-state index contributed by atoms with van der Waals surface area (Å²) in [5.74, 6) is 0. The molecule has 0 amide bonds. The van der Waals surface area contributed by atoms with E-state index in [-0.39, 0.29) is 16.5 Å². The molecule has 0 saturated heterocycles. The summed E-state index contributed by atoms with van der Waals surface area (Å²) in [5, 5.41) is 9.29. The van der Waals surface area contributed by atoms with E-state index in [1.54, 1.807) is 24.3 Å². The molecule has 0 aliphatic carbocycles. The van der Waals surface area contributed by atoms with Crippen molar-refractivity contribution in [3.63, 3.8) is 0 Å². The van der Waals surface area contributed by atoms with E-state index in [1.807, 2.05) is 6.07 Å². The van der Waals surface area contributed by atoms with Crippen LogP contribution in [0.3, 0.4) is 0 Å². The van der Waals surface area contributed by atoms with E-state index >= 15 is 0 Å². The molecular weight excluding hydrogens is 298 g/mol. The molecule has 106 valence electrons. The Labute approximate surface area is 123 Å². The normalized spacial score (nSPS) is 11.3. The Balaban J connectivity index is 2.43. The number of aliphatic hydroxyl groups is 1. The molecule has 0 spiro atoms. The molecule has 0 bridgehead atoms. The first-order valence-electron chi connectivity index (χ1n) is 5.90. The number of anilines is 1. The molecule has 4 nitrogen and oxygen atoms in total. The smallest absolute Gasteiger partial charge is 0.264 e. The zero-order valence-corrected chi connectivity index (χ0v) is 12.4. The van der Waals surface area contributed by atoms with E-state index in [1.165, 1.54) is 29.6 Å². The van der Waals surface area contributed by atoms with Gasteiger partial charge in [-0.15, -0.1) is 0 Å². The molecule has 0 heterocycles. The molecule has 20 heavy (non-hydrogen) atoms. The fraction of sp³-hybridized carbons (Fsp3) is 0.143. The highest BCUT2D eigenvalue weighted by Crippen LogP contribution is 2.25. The van der Waals surface area contributed by atoms with Crippen molar-refractivity contribution < 1.29 is 13.5 Å². The Kier molecular flexibility index (Phi) is 4.32. The number of hydrogen-bond donors (Lipinski definition) is 1.